The highest BCUT2D eigenvalue weighted by atomic mass is 16.8. The lowest BCUT2D eigenvalue weighted by Crippen LogP contribution is -2.46. The molecule has 2 aliphatic heterocycles. The van der Waals surface area contributed by atoms with Gasteiger partial charge in [-0.15, -0.1) is 5.06 Å². The van der Waals surface area contributed by atoms with Crippen LogP contribution >= 0.6 is 0 Å². The highest BCUT2D eigenvalue weighted by molar-refractivity contribution is 5.92. The molecule has 2 fully saturated rings. The van der Waals surface area contributed by atoms with Gasteiger partial charge in [-0.3, -0.25) is 9.63 Å². The van der Waals surface area contributed by atoms with E-state index >= 15 is 0 Å². The van der Waals surface area contributed by atoms with Crippen LogP contribution in [0.1, 0.15) is 58.6 Å². The predicted molar refractivity (Wildman–Crippen MR) is 108 cm³/mol. The van der Waals surface area contributed by atoms with Crippen LogP contribution in [0.3, 0.4) is 0 Å². The number of esters is 1. The largest absolute Gasteiger partial charge is 0.462 e. The molecule has 0 saturated carbocycles. The standard InChI is InChI=1S/C22H30N2O6/c1-5-6-12-16(23-21(27)29-18-20(26)28-13-22(18,3)4)17(25)19-24(30-19)14(2)15-10-8-7-9-11-15/h7-11,14,16,18-19H,5-6,12-13H2,1-4H3,(H,23,27)/t14-,16+,18-,19?,24?/m1/s1. The van der Waals surface area contributed by atoms with Gasteiger partial charge in [0, 0.05) is 5.41 Å². The Kier molecular flexibility index (Phi) is 6.77. The fourth-order valence-electron chi connectivity index (χ4n) is 3.52. The Balaban J connectivity index is 1.61. The maximum Gasteiger partial charge on any atom is 0.408 e. The third kappa shape index (κ3) is 4.99. The average molecular weight is 418 g/mol. The number of unbranched alkanes of at least 4 members (excludes halogenated alkanes) is 1. The van der Waals surface area contributed by atoms with E-state index in [4.69, 9.17) is 14.3 Å². The van der Waals surface area contributed by atoms with Crippen LogP contribution in [0.5, 0.6) is 0 Å². The monoisotopic (exact) mass is 418 g/mol. The zero-order chi connectivity index (χ0) is 21.9. The molecule has 8 nitrogen and oxygen atoms in total. The van der Waals surface area contributed by atoms with Gasteiger partial charge in [0.1, 0.15) is 6.61 Å². The van der Waals surface area contributed by atoms with Gasteiger partial charge in [0.15, 0.2) is 0 Å². The summed E-state index contributed by atoms with van der Waals surface area (Å²) < 4.78 is 10.3. The summed E-state index contributed by atoms with van der Waals surface area (Å²) in [6.45, 7) is 7.73. The first-order valence-corrected chi connectivity index (χ1v) is 10.4. The van der Waals surface area contributed by atoms with Crippen LogP contribution < -0.4 is 5.32 Å². The van der Waals surface area contributed by atoms with E-state index in [0.717, 1.165) is 18.4 Å². The van der Waals surface area contributed by atoms with Gasteiger partial charge >= 0.3 is 12.1 Å². The molecule has 0 bridgehead atoms. The molecule has 2 aliphatic rings. The smallest absolute Gasteiger partial charge is 0.408 e. The minimum absolute atomic E-state index is 0.0898. The fourth-order valence-corrected chi connectivity index (χ4v) is 3.52. The number of ketones is 1. The topological polar surface area (TPSA) is 97.2 Å². The van der Waals surface area contributed by atoms with Crippen molar-refractivity contribution in [2.45, 2.75) is 71.4 Å². The maximum absolute atomic E-state index is 13.0. The van der Waals surface area contributed by atoms with Crippen molar-refractivity contribution < 1.29 is 28.7 Å². The summed E-state index contributed by atoms with van der Waals surface area (Å²) in [5.41, 5.74) is 0.422. The third-order valence-electron chi connectivity index (χ3n) is 5.53. The highest BCUT2D eigenvalue weighted by Crippen LogP contribution is 2.35. The molecule has 2 unspecified atom stereocenters. The first-order chi connectivity index (χ1) is 14.2. The zero-order valence-electron chi connectivity index (χ0n) is 17.9. The van der Waals surface area contributed by atoms with E-state index in [2.05, 4.69) is 5.32 Å². The number of cyclic esters (lactones) is 1. The van der Waals surface area contributed by atoms with E-state index < -0.39 is 35.9 Å². The normalized spacial score (nSPS) is 26.4. The number of carbonyl (C=O) groups is 3. The van der Waals surface area contributed by atoms with E-state index in [9.17, 15) is 14.4 Å². The summed E-state index contributed by atoms with van der Waals surface area (Å²) in [5, 5.41) is 4.26. The summed E-state index contributed by atoms with van der Waals surface area (Å²) in [6, 6.07) is 8.90. The van der Waals surface area contributed by atoms with Crippen LogP contribution in [-0.2, 0) is 23.9 Å². The second-order valence-corrected chi connectivity index (χ2v) is 8.53. The number of benzene rings is 1. The predicted octanol–water partition coefficient (Wildman–Crippen LogP) is 3.13. The Morgan fingerprint density at radius 1 is 1.30 bits per heavy atom. The van der Waals surface area contributed by atoms with Gasteiger partial charge in [0.2, 0.25) is 18.1 Å². The molecule has 5 atom stereocenters. The van der Waals surface area contributed by atoms with E-state index in [-0.39, 0.29) is 18.4 Å². The molecule has 1 N–H and O–H groups in total. The summed E-state index contributed by atoms with van der Waals surface area (Å²) in [5.74, 6) is -0.795. The molecule has 0 aromatic heterocycles. The lowest BCUT2D eigenvalue weighted by molar-refractivity contribution is -0.145. The minimum Gasteiger partial charge on any atom is -0.462 e. The molecule has 1 aromatic carbocycles. The number of alkyl carbamates (subject to hydrolysis) is 1. The minimum atomic E-state index is -0.994. The van der Waals surface area contributed by atoms with Crippen LogP contribution in [0, 0.1) is 5.41 Å². The van der Waals surface area contributed by atoms with Crippen LogP contribution in [0.2, 0.25) is 0 Å². The highest BCUT2D eigenvalue weighted by Gasteiger charge is 2.50. The molecule has 8 heteroatoms. The van der Waals surface area contributed by atoms with Crippen molar-refractivity contribution >= 4 is 17.8 Å². The Labute approximate surface area is 176 Å². The second kappa shape index (κ2) is 9.14. The number of hydrogen-bond donors (Lipinski definition) is 1. The van der Waals surface area contributed by atoms with Crippen molar-refractivity contribution in [3.8, 4) is 0 Å². The number of Topliss-reactive ketones (excluding diaryl/α,β-unsaturated/α-hetero) is 1. The molecule has 0 radical (unpaired) electrons. The summed E-state index contributed by atoms with van der Waals surface area (Å²) in [4.78, 5) is 42.8. The van der Waals surface area contributed by atoms with E-state index in [1.165, 1.54) is 0 Å². The van der Waals surface area contributed by atoms with Crippen molar-refractivity contribution in [2.24, 2.45) is 5.41 Å². The maximum atomic E-state index is 13.0. The second-order valence-electron chi connectivity index (χ2n) is 8.53. The zero-order valence-corrected chi connectivity index (χ0v) is 17.9. The Morgan fingerprint density at radius 2 is 2.00 bits per heavy atom. The van der Waals surface area contributed by atoms with E-state index in [0.29, 0.717) is 6.42 Å². The number of nitrogens with zero attached hydrogens (tertiary/aromatic N) is 1. The molecule has 164 valence electrons. The Morgan fingerprint density at radius 3 is 2.60 bits per heavy atom. The van der Waals surface area contributed by atoms with Crippen LogP contribution in [-0.4, -0.2) is 47.9 Å². The van der Waals surface area contributed by atoms with Gasteiger partial charge in [0.05, 0.1) is 12.1 Å². The van der Waals surface area contributed by atoms with Gasteiger partial charge < -0.3 is 14.8 Å². The number of ether oxygens (including phenoxy) is 2. The van der Waals surface area contributed by atoms with E-state index in [1.54, 1.807) is 18.9 Å². The molecular formula is C22H30N2O6. The first-order valence-electron chi connectivity index (χ1n) is 10.4. The van der Waals surface area contributed by atoms with Gasteiger partial charge in [-0.2, -0.15) is 0 Å². The molecule has 1 amide bonds. The summed E-state index contributed by atoms with van der Waals surface area (Å²) in [7, 11) is 0. The van der Waals surface area contributed by atoms with Gasteiger partial charge in [-0.1, -0.05) is 63.9 Å². The van der Waals surface area contributed by atoms with Crippen molar-refractivity contribution in [1.82, 2.24) is 10.4 Å². The van der Waals surface area contributed by atoms with Crippen LogP contribution in [0.4, 0.5) is 4.79 Å². The Bertz CT molecular complexity index is 781. The van der Waals surface area contributed by atoms with Crippen molar-refractivity contribution in [2.75, 3.05) is 6.61 Å². The number of hydrogen-bond acceptors (Lipinski definition) is 7. The van der Waals surface area contributed by atoms with Crippen molar-refractivity contribution in [1.29, 1.82) is 0 Å². The third-order valence-corrected chi connectivity index (χ3v) is 5.53. The molecule has 2 heterocycles. The number of carbonyl (C=O) groups excluding carboxylic acids is 3. The van der Waals surface area contributed by atoms with Crippen LogP contribution in [0.15, 0.2) is 30.3 Å². The van der Waals surface area contributed by atoms with Crippen LogP contribution in [0.25, 0.3) is 0 Å². The lowest BCUT2D eigenvalue weighted by Gasteiger charge is -2.23. The average Bonchev–Trinajstić information content (AvgIpc) is 3.49. The number of rotatable bonds is 9. The summed E-state index contributed by atoms with van der Waals surface area (Å²) in [6.07, 6.45) is -0.408. The van der Waals surface area contributed by atoms with Gasteiger partial charge in [0.25, 0.3) is 0 Å². The summed E-state index contributed by atoms with van der Waals surface area (Å²) >= 11 is 0. The number of nitrogens with one attached hydrogen (secondary N) is 1. The lowest BCUT2D eigenvalue weighted by atomic mass is 9.90. The molecule has 30 heavy (non-hydrogen) atoms. The number of amides is 1. The van der Waals surface area contributed by atoms with E-state index in [1.807, 2.05) is 44.2 Å². The molecule has 1 aromatic rings. The van der Waals surface area contributed by atoms with Gasteiger partial charge in [-0.05, 0) is 18.9 Å². The van der Waals surface area contributed by atoms with Crippen molar-refractivity contribution in [3.63, 3.8) is 0 Å². The molecule has 3 rings (SSSR count). The van der Waals surface area contributed by atoms with Gasteiger partial charge in [-0.25, -0.2) is 9.59 Å². The molecule has 0 aliphatic carbocycles. The number of hydroxylamine groups is 2. The Hall–Kier alpha value is -2.45. The molecule has 0 spiro atoms. The first kappa shape index (κ1) is 22.2. The molecule has 2 saturated heterocycles. The van der Waals surface area contributed by atoms with Crippen molar-refractivity contribution in [3.05, 3.63) is 35.9 Å². The quantitative estimate of drug-likeness (QED) is 0.486. The fraction of sp³-hybridized carbons (Fsp3) is 0.591. The SMILES string of the molecule is CCCC[C@H](NC(=O)O[C@@H]1C(=O)OCC1(C)C)C(=O)C1ON1[C@H](C)c1ccccc1. The molecular weight excluding hydrogens is 388 g/mol.